The summed E-state index contributed by atoms with van der Waals surface area (Å²) in [5, 5.41) is 0. The summed E-state index contributed by atoms with van der Waals surface area (Å²) in [7, 11) is 2.91. The molecular formula is C20H25NO4. The molecule has 2 aromatic carbocycles. The maximum absolute atomic E-state index is 12.2. The van der Waals surface area contributed by atoms with Crippen LogP contribution in [0, 0.1) is 0 Å². The lowest BCUT2D eigenvalue weighted by molar-refractivity contribution is -0.149. The Morgan fingerprint density at radius 3 is 2.40 bits per heavy atom. The summed E-state index contributed by atoms with van der Waals surface area (Å²) in [5.74, 6) is 0.574. The first-order chi connectivity index (χ1) is 12.1. The molecule has 2 N–H and O–H groups in total. The molecule has 134 valence electrons. The first kappa shape index (κ1) is 18.8. The zero-order chi connectivity index (χ0) is 18.2. The Labute approximate surface area is 148 Å². The van der Waals surface area contributed by atoms with Crippen LogP contribution in [0.3, 0.4) is 0 Å². The smallest absolute Gasteiger partial charge is 0.351 e. The number of carbonyl (C=O) groups is 1. The lowest BCUT2D eigenvalue weighted by Gasteiger charge is -2.20. The average molecular weight is 343 g/mol. The Kier molecular flexibility index (Phi) is 6.83. The molecule has 25 heavy (non-hydrogen) atoms. The molecule has 0 aliphatic rings. The molecule has 0 fully saturated rings. The quantitative estimate of drug-likeness (QED) is 0.745. The van der Waals surface area contributed by atoms with E-state index in [1.807, 2.05) is 55.5 Å². The van der Waals surface area contributed by atoms with E-state index in [0.717, 1.165) is 18.4 Å². The third-order valence-corrected chi connectivity index (χ3v) is 4.01. The highest BCUT2D eigenvalue weighted by molar-refractivity contribution is 5.77. The van der Waals surface area contributed by atoms with E-state index in [4.69, 9.17) is 19.9 Å². The van der Waals surface area contributed by atoms with E-state index >= 15 is 0 Å². The van der Waals surface area contributed by atoms with Crippen molar-refractivity contribution in [3.63, 3.8) is 0 Å². The zero-order valence-electron chi connectivity index (χ0n) is 14.9. The first-order valence-electron chi connectivity index (χ1n) is 8.31. The summed E-state index contributed by atoms with van der Waals surface area (Å²) in [6.07, 6.45) is 0.748. The number of carbonyl (C=O) groups excluding carboxylic acids is 1. The summed E-state index contributed by atoms with van der Waals surface area (Å²) in [4.78, 5) is 12.2. The number of esters is 1. The summed E-state index contributed by atoms with van der Waals surface area (Å²) >= 11 is 0. The molecule has 5 heteroatoms. The van der Waals surface area contributed by atoms with Gasteiger partial charge in [0.2, 0.25) is 6.10 Å². The molecule has 2 aromatic rings. The fraction of sp³-hybridized carbons (Fsp3) is 0.350. The van der Waals surface area contributed by atoms with Crippen LogP contribution >= 0.6 is 0 Å². The lowest BCUT2D eigenvalue weighted by Crippen LogP contribution is -2.22. The highest BCUT2D eigenvalue weighted by atomic mass is 16.6. The second kappa shape index (κ2) is 9.08. The van der Waals surface area contributed by atoms with E-state index < -0.39 is 12.1 Å². The van der Waals surface area contributed by atoms with Gasteiger partial charge in [0.05, 0.1) is 14.2 Å². The van der Waals surface area contributed by atoms with Crippen molar-refractivity contribution in [2.75, 3.05) is 14.2 Å². The van der Waals surface area contributed by atoms with Crippen molar-refractivity contribution < 1.29 is 19.0 Å². The monoisotopic (exact) mass is 343 g/mol. The van der Waals surface area contributed by atoms with Crippen LogP contribution in [0.1, 0.15) is 30.6 Å². The van der Waals surface area contributed by atoms with Gasteiger partial charge in [-0.2, -0.15) is 0 Å². The number of rotatable bonds is 8. The van der Waals surface area contributed by atoms with Crippen LogP contribution in [-0.2, 0) is 16.0 Å². The van der Waals surface area contributed by atoms with Gasteiger partial charge in [0, 0.05) is 11.6 Å². The summed E-state index contributed by atoms with van der Waals surface area (Å²) < 4.78 is 16.3. The predicted octanol–water partition coefficient (Wildman–Crippen LogP) is 3.27. The molecule has 2 rings (SSSR count). The number of ether oxygens (including phenoxy) is 3. The number of nitrogens with two attached hydrogens (primary N) is 1. The van der Waals surface area contributed by atoms with Crippen molar-refractivity contribution >= 4 is 5.97 Å². The van der Waals surface area contributed by atoms with Gasteiger partial charge in [-0.25, -0.2) is 4.79 Å². The normalized spacial score (nSPS) is 13.0. The Bertz CT molecular complexity index is 687. The van der Waals surface area contributed by atoms with Gasteiger partial charge in [-0.15, -0.1) is 0 Å². The van der Waals surface area contributed by atoms with Gasteiger partial charge < -0.3 is 19.9 Å². The molecule has 0 bridgehead atoms. The molecule has 0 amide bonds. The van der Waals surface area contributed by atoms with Crippen LogP contribution < -0.4 is 15.2 Å². The van der Waals surface area contributed by atoms with Crippen LogP contribution in [-0.4, -0.2) is 26.2 Å². The van der Waals surface area contributed by atoms with Gasteiger partial charge in [0.15, 0.2) is 11.5 Å². The standard InChI is InChI=1S/C20H25NO4/c1-4-16(21)12-14-10-11-17(23-2)18(13-14)25-19(20(22)24-3)15-8-6-5-7-9-15/h5-11,13,16,19H,4,12,21H2,1-3H3. The third kappa shape index (κ3) is 4.97. The molecule has 0 saturated heterocycles. The van der Waals surface area contributed by atoms with E-state index in [1.165, 1.54) is 7.11 Å². The van der Waals surface area contributed by atoms with Crippen molar-refractivity contribution in [3.05, 3.63) is 59.7 Å². The van der Waals surface area contributed by atoms with E-state index in [2.05, 4.69) is 0 Å². The molecule has 0 aromatic heterocycles. The molecular weight excluding hydrogens is 318 g/mol. The maximum Gasteiger partial charge on any atom is 0.351 e. The van der Waals surface area contributed by atoms with Gasteiger partial charge in [0.25, 0.3) is 0 Å². The highest BCUT2D eigenvalue weighted by Crippen LogP contribution is 2.33. The number of hydrogen-bond acceptors (Lipinski definition) is 5. The van der Waals surface area contributed by atoms with Crippen molar-refractivity contribution in [1.29, 1.82) is 0 Å². The predicted molar refractivity (Wildman–Crippen MR) is 96.8 cm³/mol. The maximum atomic E-state index is 12.2. The molecule has 0 saturated carbocycles. The summed E-state index contributed by atoms with van der Waals surface area (Å²) in [5.41, 5.74) is 7.79. The minimum absolute atomic E-state index is 0.0757. The second-order valence-corrected chi connectivity index (χ2v) is 5.79. The Morgan fingerprint density at radius 2 is 1.80 bits per heavy atom. The molecule has 2 atom stereocenters. The third-order valence-electron chi connectivity index (χ3n) is 4.01. The number of benzene rings is 2. The molecule has 5 nitrogen and oxygen atoms in total. The molecule has 0 heterocycles. The van der Waals surface area contributed by atoms with Gasteiger partial charge in [-0.05, 0) is 30.5 Å². The van der Waals surface area contributed by atoms with E-state index in [0.29, 0.717) is 17.1 Å². The van der Waals surface area contributed by atoms with E-state index in [9.17, 15) is 4.79 Å². The summed E-state index contributed by atoms with van der Waals surface area (Å²) in [6, 6.07) is 15.0. The molecule has 2 unspecified atom stereocenters. The SMILES string of the molecule is CCC(N)Cc1ccc(OC)c(OC(C(=O)OC)c2ccccc2)c1. The second-order valence-electron chi connectivity index (χ2n) is 5.79. The van der Waals surface area contributed by atoms with Crippen molar-refractivity contribution in [3.8, 4) is 11.5 Å². The molecule has 0 aliphatic heterocycles. The minimum atomic E-state index is -0.866. The van der Waals surface area contributed by atoms with E-state index in [1.54, 1.807) is 7.11 Å². The van der Waals surface area contributed by atoms with Crippen LogP contribution in [0.4, 0.5) is 0 Å². The van der Waals surface area contributed by atoms with Crippen molar-refractivity contribution in [2.24, 2.45) is 5.73 Å². The van der Waals surface area contributed by atoms with Crippen molar-refractivity contribution in [2.45, 2.75) is 31.9 Å². The van der Waals surface area contributed by atoms with Crippen LogP contribution in [0.25, 0.3) is 0 Å². The van der Waals surface area contributed by atoms with Gasteiger partial charge in [0.1, 0.15) is 0 Å². The number of hydrogen-bond donors (Lipinski definition) is 1. The summed E-state index contributed by atoms with van der Waals surface area (Å²) in [6.45, 7) is 2.05. The zero-order valence-corrected chi connectivity index (χ0v) is 14.9. The van der Waals surface area contributed by atoms with Crippen molar-refractivity contribution in [1.82, 2.24) is 0 Å². The fourth-order valence-corrected chi connectivity index (χ4v) is 2.50. The van der Waals surface area contributed by atoms with Gasteiger partial charge in [-0.1, -0.05) is 43.3 Å². The molecule has 0 spiro atoms. The Balaban J connectivity index is 2.33. The fourth-order valence-electron chi connectivity index (χ4n) is 2.50. The van der Waals surface area contributed by atoms with Gasteiger partial charge >= 0.3 is 5.97 Å². The average Bonchev–Trinajstić information content (AvgIpc) is 2.66. The lowest BCUT2D eigenvalue weighted by atomic mass is 10.0. The Morgan fingerprint density at radius 1 is 1.08 bits per heavy atom. The molecule has 0 aliphatic carbocycles. The minimum Gasteiger partial charge on any atom is -0.493 e. The van der Waals surface area contributed by atoms with Crippen LogP contribution in [0.5, 0.6) is 11.5 Å². The topological polar surface area (TPSA) is 70.8 Å². The van der Waals surface area contributed by atoms with Crippen LogP contribution in [0.2, 0.25) is 0 Å². The largest absolute Gasteiger partial charge is 0.493 e. The molecule has 0 radical (unpaired) electrons. The highest BCUT2D eigenvalue weighted by Gasteiger charge is 2.25. The first-order valence-corrected chi connectivity index (χ1v) is 8.31. The van der Waals surface area contributed by atoms with Gasteiger partial charge in [-0.3, -0.25) is 0 Å². The van der Waals surface area contributed by atoms with Crippen LogP contribution in [0.15, 0.2) is 48.5 Å². The number of methoxy groups -OCH3 is 2. The Hall–Kier alpha value is -2.53. The van der Waals surface area contributed by atoms with E-state index in [-0.39, 0.29) is 6.04 Å².